The average Bonchev–Trinajstić information content (AvgIpc) is 2.29. The highest BCUT2D eigenvalue weighted by molar-refractivity contribution is 5.71. The lowest BCUT2D eigenvalue weighted by atomic mass is 9.77. The average molecular weight is 220 g/mol. The second-order valence-electron chi connectivity index (χ2n) is 4.26. The summed E-state index contributed by atoms with van der Waals surface area (Å²) in [6.45, 7) is 0. The molecule has 0 unspecified atom stereocenters. The highest BCUT2D eigenvalue weighted by Gasteiger charge is 2.35. The van der Waals surface area contributed by atoms with Gasteiger partial charge in [-0.1, -0.05) is 6.07 Å². The molecule has 86 valence electrons. The molecule has 1 heterocycles. The van der Waals surface area contributed by atoms with Gasteiger partial charge in [-0.05, 0) is 30.9 Å². The second-order valence-corrected chi connectivity index (χ2v) is 4.26. The maximum absolute atomic E-state index is 11.4. The molecule has 0 fully saturated rings. The summed E-state index contributed by atoms with van der Waals surface area (Å²) in [5.41, 5.74) is 7.71. The summed E-state index contributed by atoms with van der Waals surface area (Å²) >= 11 is 0. The fourth-order valence-electron chi connectivity index (χ4n) is 2.31. The minimum atomic E-state index is -0.602. The van der Waals surface area contributed by atoms with Gasteiger partial charge in [0.15, 0.2) is 0 Å². The molecule has 2 N–H and O–H groups in total. The Morgan fingerprint density at radius 3 is 3.25 bits per heavy atom. The van der Waals surface area contributed by atoms with Crippen LogP contribution in [-0.4, -0.2) is 18.1 Å². The minimum Gasteiger partial charge on any atom is -0.469 e. The number of carbonyl (C=O) groups is 1. The molecule has 0 radical (unpaired) electrons. The van der Waals surface area contributed by atoms with Crippen molar-refractivity contribution >= 4 is 5.97 Å². The number of fused-ring (bicyclic) bond motifs is 1. The van der Waals surface area contributed by atoms with Gasteiger partial charge in [-0.15, -0.1) is 0 Å². The molecule has 16 heavy (non-hydrogen) atoms. The van der Waals surface area contributed by atoms with Crippen LogP contribution in [0.4, 0.5) is 0 Å². The smallest absolute Gasteiger partial charge is 0.307 e. The molecular weight excluding hydrogens is 204 g/mol. The fourth-order valence-corrected chi connectivity index (χ4v) is 2.31. The highest BCUT2D eigenvalue weighted by atomic mass is 16.5. The van der Waals surface area contributed by atoms with Gasteiger partial charge in [0.05, 0.1) is 19.1 Å². The molecule has 1 aromatic heterocycles. The molecule has 1 atom stereocenters. The first-order valence-electron chi connectivity index (χ1n) is 5.46. The van der Waals surface area contributed by atoms with Gasteiger partial charge in [-0.25, -0.2) is 0 Å². The fraction of sp³-hybridized carbons (Fsp3) is 0.500. The number of hydrogen-bond donors (Lipinski definition) is 1. The summed E-state index contributed by atoms with van der Waals surface area (Å²) in [4.78, 5) is 15.7. The van der Waals surface area contributed by atoms with Gasteiger partial charge in [0, 0.05) is 11.9 Å². The van der Waals surface area contributed by atoms with Crippen LogP contribution in [0.25, 0.3) is 0 Å². The summed E-state index contributed by atoms with van der Waals surface area (Å²) in [5.74, 6) is -0.265. The lowest BCUT2D eigenvalue weighted by Gasteiger charge is -2.34. The first kappa shape index (κ1) is 11.1. The molecule has 4 nitrogen and oxygen atoms in total. The zero-order chi connectivity index (χ0) is 11.6. The summed E-state index contributed by atoms with van der Waals surface area (Å²) in [6, 6.07) is 3.83. The number of pyridine rings is 1. The summed E-state index contributed by atoms with van der Waals surface area (Å²) < 4.78 is 4.69. The number of carbonyl (C=O) groups excluding carboxylic acids is 1. The van der Waals surface area contributed by atoms with E-state index in [4.69, 9.17) is 10.5 Å². The third kappa shape index (κ3) is 1.93. The molecule has 2 rings (SSSR count). The summed E-state index contributed by atoms with van der Waals surface area (Å²) in [7, 11) is 1.39. The Labute approximate surface area is 94.8 Å². The molecular formula is C12H16N2O2. The Balaban J connectivity index is 2.32. The standard InChI is InChI=1S/C12H16N2O2/c1-16-11(15)8-12(13)6-2-5-10-9(12)4-3-7-14-10/h3-4,7H,2,5-6,8,13H2,1H3/t12-/m0/s1. The van der Waals surface area contributed by atoms with Crippen LogP contribution >= 0.6 is 0 Å². The number of nitrogens with two attached hydrogens (primary N) is 1. The van der Waals surface area contributed by atoms with Gasteiger partial charge >= 0.3 is 5.97 Å². The summed E-state index contributed by atoms with van der Waals surface area (Å²) in [5, 5.41) is 0. The van der Waals surface area contributed by atoms with Crippen molar-refractivity contribution in [2.45, 2.75) is 31.2 Å². The van der Waals surface area contributed by atoms with Crippen LogP contribution in [0.2, 0.25) is 0 Å². The molecule has 0 saturated carbocycles. The van der Waals surface area contributed by atoms with E-state index in [9.17, 15) is 4.79 Å². The number of methoxy groups -OCH3 is 1. The van der Waals surface area contributed by atoms with E-state index in [1.807, 2.05) is 12.1 Å². The van der Waals surface area contributed by atoms with Crippen molar-refractivity contribution in [3.63, 3.8) is 0 Å². The molecule has 4 heteroatoms. The first-order valence-corrected chi connectivity index (χ1v) is 5.46. The van der Waals surface area contributed by atoms with Crippen LogP contribution in [0.3, 0.4) is 0 Å². The third-order valence-corrected chi connectivity index (χ3v) is 3.15. The molecule has 0 aromatic carbocycles. The van der Waals surface area contributed by atoms with Crippen molar-refractivity contribution in [3.8, 4) is 0 Å². The van der Waals surface area contributed by atoms with Crippen molar-refractivity contribution in [1.82, 2.24) is 4.98 Å². The maximum atomic E-state index is 11.4. The number of aryl methyl sites for hydroxylation is 1. The molecule has 0 amide bonds. The van der Waals surface area contributed by atoms with Gasteiger partial charge in [-0.3, -0.25) is 9.78 Å². The van der Waals surface area contributed by atoms with E-state index in [2.05, 4.69) is 4.98 Å². The van der Waals surface area contributed by atoms with E-state index < -0.39 is 5.54 Å². The van der Waals surface area contributed by atoms with Crippen molar-refractivity contribution < 1.29 is 9.53 Å². The number of aromatic nitrogens is 1. The van der Waals surface area contributed by atoms with Crippen LogP contribution in [0, 0.1) is 0 Å². The Hall–Kier alpha value is -1.42. The maximum Gasteiger partial charge on any atom is 0.307 e. The molecule has 0 aliphatic heterocycles. The van der Waals surface area contributed by atoms with Crippen molar-refractivity contribution in [3.05, 3.63) is 29.6 Å². The van der Waals surface area contributed by atoms with Gasteiger partial charge in [0.25, 0.3) is 0 Å². The lowest BCUT2D eigenvalue weighted by molar-refractivity contribution is -0.142. The van der Waals surface area contributed by atoms with Gasteiger partial charge in [-0.2, -0.15) is 0 Å². The first-order chi connectivity index (χ1) is 7.65. The molecule has 1 aliphatic carbocycles. The Morgan fingerprint density at radius 2 is 2.50 bits per heavy atom. The van der Waals surface area contributed by atoms with Gasteiger partial charge in [0.2, 0.25) is 0 Å². The van der Waals surface area contributed by atoms with E-state index >= 15 is 0 Å². The van der Waals surface area contributed by atoms with Crippen LogP contribution in [0.1, 0.15) is 30.5 Å². The Bertz CT molecular complexity index is 406. The van der Waals surface area contributed by atoms with Crippen LogP contribution in [0.15, 0.2) is 18.3 Å². The van der Waals surface area contributed by atoms with Gasteiger partial charge in [0.1, 0.15) is 0 Å². The Kier molecular flexibility index (Phi) is 2.92. The third-order valence-electron chi connectivity index (χ3n) is 3.15. The number of esters is 1. The number of ether oxygens (including phenoxy) is 1. The van der Waals surface area contributed by atoms with Crippen molar-refractivity contribution in [2.24, 2.45) is 5.73 Å². The number of nitrogens with zero attached hydrogens (tertiary/aromatic N) is 1. The Morgan fingerprint density at radius 1 is 1.69 bits per heavy atom. The van der Waals surface area contributed by atoms with Gasteiger partial charge < -0.3 is 10.5 Å². The second kappa shape index (κ2) is 4.22. The molecule has 0 spiro atoms. The number of rotatable bonds is 2. The van der Waals surface area contributed by atoms with Crippen LogP contribution < -0.4 is 5.73 Å². The predicted molar refractivity (Wildman–Crippen MR) is 59.7 cm³/mol. The van der Waals surface area contributed by atoms with E-state index in [0.29, 0.717) is 0 Å². The summed E-state index contributed by atoms with van der Waals surface area (Å²) in [6.07, 6.45) is 4.71. The van der Waals surface area contributed by atoms with E-state index in [1.165, 1.54) is 7.11 Å². The van der Waals surface area contributed by atoms with Crippen molar-refractivity contribution in [2.75, 3.05) is 7.11 Å². The minimum absolute atomic E-state index is 0.224. The van der Waals surface area contributed by atoms with Crippen LogP contribution in [0.5, 0.6) is 0 Å². The van der Waals surface area contributed by atoms with E-state index in [1.54, 1.807) is 6.20 Å². The molecule has 1 aliphatic rings. The zero-order valence-corrected chi connectivity index (χ0v) is 9.40. The molecule has 0 saturated heterocycles. The van der Waals surface area contributed by atoms with E-state index in [-0.39, 0.29) is 12.4 Å². The highest BCUT2D eigenvalue weighted by Crippen LogP contribution is 2.34. The quantitative estimate of drug-likeness (QED) is 0.759. The molecule has 0 bridgehead atoms. The zero-order valence-electron chi connectivity index (χ0n) is 9.40. The van der Waals surface area contributed by atoms with Crippen LogP contribution in [-0.2, 0) is 21.5 Å². The van der Waals surface area contributed by atoms with E-state index in [0.717, 1.165) is 30.5 Å². The topological polar surface area (TPSA) is 65.2 Å². The predicted octanol–water partition coefficient (Wildman–Crippen LogP) is 1.13. The normalized spacial score (nSPS) is 23.6. The largest absolute Gasteiger partial charge is 0.469 e. The molecule has 1 aromatic rings. The number of hydrogen-bond acceptors (Lipinski definition) is 4. The lowest BCUT2D eigenvalue weighted by Crippen LogP contribution is -2.42. The monoisotopic (exact) mass is 220 g/mol. The van der Waals surface area contributed by atoms with Crippen molar-refractivity contribution in [1.29, 1.82) is 0 Å². The SMILES string of the molecule is COC(=O)C[C@@]1(N)CCCc2ncccc21.